The van der Waals surface area contributed by atoms with Crippen molar-refractivity contribution in [2.45, 2.75) is 36.0 Å². The molecule has 14 aromatic rings. The Morgan fingerprint density at radius 2 is 0.812 bits per heavy atom. The molecule has 0 saturated heterocycles. The molecule has 0 N–H and O–H groups in total. The van der Waals surface area contributed by atoms with E-state index < -0.39 is 0 Å². The predicted octanol–water partition coefficient (Wildman–Crippen LogP) is 20.1. The maximum Gasteiger partial charge on any atom is 0.253 e. The van der Waals surface area contributed by atoms with Gasteiger partial charge in [-0.2, -0.15) is 0 Å². The normalized spacial score (nSPS) is 12.9. The molecule has 18 rings (SSSR count). The van der Waals surface area contributed by atoms with Crippen LogP contribution in [0.3, 0.4) is 0 Å². The fraction of sp³-hybridized carbons (Fsp3) is 0.0455. The summed E-state index contributed by atoms with van der Waals surface area (Å²) in [7, 11) is 0. The van der Waals surface area contributed by atoms with Crippen molar-refractivity contribution in [2.24, 2.45) is 0 Å². The minimum absolute atomic E-state index is 0.0170. The summed E-state index contributed by atoms with van der Waals surface area (Å²) >= 11 is 1.86. The first-order valence-corrected chi connectivity index (χ1v) is 34.0. The molecule has 5 nitrogen and oxygen atoms in total. The van der Waals surface area contributed by atoms with Crippen LogP contribution in [-0.2, 0) is 5.41 Å². The molecule has 0 spiro atoms. The van der Waals surface area contributed by atoms with Crippen molar-refractivity contribution in [1.29, 1.82) is 0 Å². The number of nitrogens with zero attached hydrogens (tertiary/aromatic N) is 4. The average Bonchev–Trinajstić information content (AvgIpc) is 0.691. The summed E-state index contributed by atoms with van der Waals surface area (Å²) in [5.41, 5.74) is 28.6. The molecule has 454 valence electrons. The molecular weight excluding hydrogens is 1180 g/mol. The van der Waals surface area contributed by atoms with Gasteiger partial charge in [0.2, 0.25) is 0 Å². The molecule has 8 heteroatoms. The first kappa shape index (κ1) is 57.2. The lowest BCUT2D eigenvalue weighted by Crippen LogP contribution is -2.64. The number of hydrogen-bond donors (Lipinski definition) is 0. The first-order chi connectivity index (χ1) is 47.3. The van der Waals surface area contributed by atoms with Crippen LogP contribution in [0.5, 0.6) is 11.5 Å². The van der Waals surface area contributed by atoms with Crippen molar-refractivity contribution in [3.05, 3.63) is 339 Å². The lowest BCUT2D eigenvalue weighted by atomic mass is 9.31. The van der Waals surface area contributed by atoms with Crippen molar-refractivity contribution < 1.29 is 4.74 Å². The van der Waals surface area contributed by atoms with Gasteiger partial charge >= 0.3 is 0 Å². The number of hydrogen-bond acceptors (Lipinski definition) is 6. The van der Waals surface area contributed by atoms with E-state index in [4.69, 9.17) is 4.74 Å². The molecule has 0 bridgehead atoms. The van der Waals surface area contributed by atoms with Gasteiger partial charge in [-0.05, 0) is 169 Å². The Kier molecular flexibility index (Phi) is 13.9. The van der Waals surface area contributed by atoms with E-state index in [9.17, 15) is 0 Å². The zero-order valence-electron chi connectivity index (χ0n) is 53.5. The standard InChI is InChI=1S/C88H64B2N4OS/c1-88(2,3)64-48-44-62(45-49-64)72-38-19-22-41-77(72)94-79-58-84-76(90-74-40-21-24-43-82(74)95-83-55-71(56-85(96-84)87(83)90)91(65-31-13-6-14-32-65)66-33-15-7-16-34-66)57-75(79)89-73-39-20-23-42-78(73)93(67-35-17-8-18-36-67)80-53-70(54-81(94)86(80)89)92(68-50-46-61(47-51-68)59-26-9-4-10-27-59)69-37-25-30-63(52-69)60-28-11-5-12-29-60/h4-58H,1-3H3. The highest BCUT2D eigenvalue weighted by Gasteiger charge is 2.47. The quantitative estimate of drug-likeness (QED) is 0.120. The van der Waals surface area contributed by atoms with Gasteiger partial charge in [0.25, 0.3) is 13.4 Å². The van der Waals surface area contributed by atoms with Crippen LogP contribution in [0.25, 0.3) is 33.4 Å². The zero-order chi connectivity index (χ0) is 64.0. The third-order valence-electron chi connectivity index (χ3n) is 19.7. The Morgan fingerprint density at radius 1 is 0.302 bits per heavy atom. The molecular formula is C88H64B2N4OS. The monoisotopic (exact) mass is 1250 g/mol. The molecule has 4 heterocycles. The summed E-state index contributed by atoms with van der Waals surface area (Å²) in [5, 5.41) is 0. The van der Waals surface area contributed by atoms with Gasteiger partial charge in [-0.3, -0.25) is 0 Å². The summed E-state index contributed by atoms with van der Waals surface area (Å²) in [5.74, 6) is 1.75. The van der Waals surface area contributed by atoms with Crippen LogP contribution in [0.2, 0.25) is 0 Å². The molecule has 0 saturated carbocycles. The van der Waals surface area contributed by atoms with Gasteiger partial charge in [-0.15, -0.1) is 0 Å². The van der Waals surface area contributed by atoms with E-state index in [0.717, 1.165) is 108 Å². The molecule has 0 atom stereocenters. The van der Waals surface area contributed by atoms with Crippen molar-refractivity contribution in [2.75, 3.05) is 19.6 Å². The second-order valence-corrected chi connectivity index (χ2v) is 27.5. The molecule has 0 aromatic heterocycles. The van der Waals surface area contributed by atoms with E-state index in [1.165, 1.54) is 53.7 Å². The number of ether oxygens (including phenoxy) is 1. The van der Waals surface area contributed by atoms with Crippen LogP contribution in [0.4, 0.5) is 68.2 Å². The molecule has 0 radical (unpaired) electrons. The molecule has 0 aliphatic carbocycles. The highest BCUT2D eigenvalue weighted by Crippen LogP contribution is 2.52. The number of para-hydroxylation sites is 6. The number of benzene rings is 14. The fourth-order valence-electron chi connectivity index (χ4n) is 15.2. The topological polar surface area (TPSA) is 22.2 Å². The molecule has 96 heavy (non-hydrogen) atoms. The summed E-state index contributed by atoms with van der Waals surface area (Å²) < 4.78 is 7.18. The van der Waals surface area contributed by atoms with Crippen LogP contribution in [0.1, 0.15) is 26.3 Å². The Labute approximate surface area is 567 Å². The maximum atomic E-state index is 7.18. The van der Waals surface area contributed by atoms with Gasteiger partial charge in [-0.1, -0.05) is 262 Å². The molecule has 14 aromatic carbocycles. The van der Waals surface area contributed by atoms with E-state index in [1.807, 2.05) is 11.8 Å². The highest BCUT2D eigenvalue weighted by atomic mass is 32.2. The first-order valence-electron chi connectivity index (χ1n) is 33.2. The lowest BCUT2D eigenvalue weighted by molar-refractivity contribution is 0.486. The zero-order valence-corrected chi connectivity index (χ0v) is 54.3. The van der Waals surface area contributed by atoms with Crippen LogP contribution in [0.15, 0.2) is 343 Å². The van der Waals surface area contributed by atoms with Crippen molar-refractivity contribution >= 4 is 126 Å². The van der Waals surface area contributed by atoms with E-state index >= 15 is 0 Å². The van der Waals surface area contributed by atoms with E-state index in [2.05, 4.69) is 374 Å². The summed E-state index contributed by atoms with van der Waals surface area (Å²) in [4.78, 5) is 12.4. The predicted molar refractivity (Wildman–Crippen MR) is 407 cm³/mol. The fourth-order valence-corrected chi connectivity index (χ4v) is 16.4. The lowest BCUT2D eigenvalue weighted by Gasteiger charge is -2.46. The van der Waals surface area contributed by atoms with Crippen LogP contribution in [0, 0.1) is 0 Å². The third kappa shape index (κ3) is 9.73. The summed E-state index contributed by atoms with van der Waals surface area (Å²) in [6, 6.07) is 123. The Hall–Kier alpha value is -11.4. The molecule has 0 amide bonds. The highest BCUT2D eigenvalue weighted by molar-refractivity contribution is 8.00. The SMILES string of the molecule is CC(C)(C)c1ccc(-c2ccccc2N2c3cc4c(cc3B3c5ccccc5N(c5ccccc5)c5cc(N(c6ccc(-c7ccccc7)cc6)c6cccc(-c7ccccc7)c6)cc2c53)B2c3ccccc3Oc3cc(N(c5ccccc5)c5ccccc5)cc(c32)S4)cc1. The average molecular weight is 1250 g/mol. The number of anilines is 12. The van der Waals surface area contributed by atoms with Gasteiger partial charge in [0, 0.05) is 72.6 Å². The van der Waals surface area contributed by atoms with E-state index in [-0.39, 0.29) is 18.8 Å². The van der Waals surface area contributed by atoms with Crippen molar-refractivity contribution in [3.8, 4) is 44.9 Å². The van der Waals surface area contributed by atoms with Crippen molar-refractivity contribution in [3.63, 3.8) is 0 Å². The Bertz CT molecular complexity index is 5260. The third-order valence-corrected chi connectivity index (χ3v) is 20.8. The maximum absolute atomic E-state index is 7.18. The minimum atomic E-state index is -0.177. The summed E-state index contributed by atoms with van der Waals surface area (Å²) in [6.07, 6.45) is 0. The Balaban J connectivity index is 0.923. The van der Waals surface area contributed by atoms with Gasteiger partial charge < -0.3 is 24.3 Å². The minimum Gasteiger partial charge on any atom is -0.458 e. The van der Waals surface area contributed by atoms with Crippen LogP contribution in [-0.4, -0.2) is 13.4 Å². The Morgan fingerprint density at radius 3 is 1.50 bits per heavy atom. The second kappa shape index (κ2) is 23.2. The molecule has 4 aliphatic rings. The van der Waals surface area contributed by atoms with Crippen LogP contribution < -0.4 is 57.1 Å². The van der Waals surface area contributed by atoms with Gasteiger partial charge in [0.15, 0.2) is 0 Å². The molecule has 0 unspecified atom stereocenters. The smallest absolute Gasteiger partial charge is 0.253 e. The second-order valence-electron chi connectivity index (χ2n) is 26.4. The molecule has 0 fully saturated rings. The van der Waals surface area contributed by atoms with Crippen LogP contribution >= 0.6 is 11.8 Å². The summed E-state index contributed by atoms with van der Waals surface area (Å²) in [6.45, 7) is 6.59. The van der Waals surface area contributed by atoms with Gasteiger partial charge in [0.1, 0.15) is 11.5 Å². The van der Waals surface area contributed by atoms with Crippen molar-refractivity contribution in [1.82, 2.24) is 0 Å². The number of fused-ring (bicyclic) bond motifs is 8. The number of rotatable bonds is 11. The van der Waals surface area contributed by atoms with E-state index in [0.29, 0.717) is 0 Å². The van der Waals surface area contributed by atoms with Gasteiger partial charge in [-0.25, -0.2) is 0 Å². The van der Waals surface area contributed by atoms with E-state index in [1.54, 1.807) is 0 Å². The molecule has 4 aliphatic heterocycles. The van der Waals surface area contributed by atoms with Gasteiger partial charge in [0.05, 0.1) is 17.1 Å². The largest absolute Gasteiger partial charge is 0.458 e.